The number of carbonyl (C=O) groups is 1. The highest BCUT2D eigenvalue weighted by atomic mass is 16.1. The molecule has 4 rings (SSSR count). The first-order chi connectivity index (χ1) is 10.7. The van der Waals surface area contributed by atoms with Crippen LogP contribution in [0.3, 0.4) is 0 Å². The Balaban J connectivity index is 1.52. The Morgan fingerprint density at radius 1 is 1.18 bits per heavy atom. The van der Waals surface area contributed by atoms with Crippen LogP contribution < -0.4 is 11.1 Å². The van der Waals surface area contributed by atoms with Gasteiger partial charge in [0.2, 0.25) is 5.91 Å². The van der Waals surface area contributed by atoms with Gasteiger partial charge in [-0.2, -0.15) is 0 Å². The lowest BCUT2D eigenvalue weighted by atomic mass is 9.65. The second-order valence-corrected chi connectivity index (χ2v) is 6.93. The molecule has 0 spiro atoms. The van der Waals surface area contributed by atoms with Gasteiger partial charge in [0, 0.05) is 29.1 Å². The van der Waals surface area contributed by atoms with E-state index in [0.717, 1.165) is 29.4 Å². The van der Waals surface area contributed by atoms with Crippen LogP contribution >= 0.6 is 0 Å². The van der Waals surface area contributed by atoms with Crippen LogP contribution in [0.15, 0.2) is 30.5 Å². The van der Waals surface area contributed by atoms with Crippen LogP contribution in [-0.2, 0) is 4.79 Å². The van der Waals surface area contributed by atoms with Gasteiger partial charge in [0.15, 0.2) is 0 Å². The molecule has 22 heavy (non-hydrogen) atoms. The number of carbonyl (C=O) groups excluding carboxylic acids is 1. The number of H-pyrrole nitrogens is 1. The second kappa shape index (κ2) is 5.43. The fourth-order valence-corrected chi connectivity index (χ4v) is 4.43. The summed E-state index contributed by atoms with van der Waals surface area (Å²) in [4.78, 5) is 15.9. The first-order valence-corrected chi connectivity index (χ1v) is 8.35. The van der Waals surface area contributed by atoms with Crippen LogP contribution in [0.2, 0.25) is 0 Å². The van der Waals surface area contributed by atoms with Crippen molar-refractivity contribution in [2.45, 2.75) is 38.1 Å². The van der Waals surface area contributed by atoms with Crippen LogP contribution in [0.25, 0.3) is 10.9 Å². The summed E-state index contributed by atoms with van der Waals surface area (Å²) in [6, 6.07) is 8.29. The Hall–Kier alpha value is -1.81. The zero-order valence-corrected chi connectivity index (χ0v) is 12.7. The number of hydrogen-bond acceptors (Lipinski definition) is 2. The number of amides is 1. The normalized spacial score (nSPS) is 31.1. The average Bonchev–Trinajstić information content (AvgIpc) is 2.96. The van der Waals surface area contributed by atoms with E-state index >= 15 is 0 Å². The van der Waals surface area contributed by atoms with Crippen molar-refractivity contribution in [1.82, 2.24) is 4.98 Å². The van der Waals surface area contributed by atoms with E-state index in [4.69, 9.17) is 5.73 Å². The van der Waals surface area contributed by atoms with Gasteiger partial charge < -0.3 is 16.0 Å². The van der Waals surface area contributed by atoms with Gasteiger partial charge in [-0.1, -0.05) is 12.5 Å². The van der Waals surface area contributed by atoms with Crippen molar-refractivity contribution in [2.24, 2.45) is 23.5 Å². The van der Waals surface area contributed by atoms with Crippen molar-refractivity contribution in [3.63, 3.8) is 0 Å². The Labute approximate surface area is 130 Å². The van der Waals surface area contributed by atoms with Crippen molar-refractivity contribution in [2.75, 3.05) is 5.32 Å². The molecule has 2 unspecified atom stereocenters. The molecular weight excluding hydrogens is 274 g/mol. The van der Waals surface area contributed by atoms with Gasteiger partial charge in [-0.3, -0.25) is 4.79 Å². The zero-order valence-electron chi connectivity index (χ0n) is 12.7. The van der Waals surface area contributed by atoms with E-state index in [0.29, 0.717) is 17.9 Å². The molecule has 2 aromatic rings. The van der Waals surface area contributed by atoms with Crippen molar-refractivity contribution in [3.05, 3.63) is 30.5 Å². The molecule has 2 atom stereocenters. The molecular formula is C18H23N3O. The molecule has 116 valence electrons. The summed E-state index contributed by atoms with van der Waals surface area (Å²) < 4.78 is 0. The van der Waals surface area contributed by atoms with Crippen LogP contribution in [-0.4, -0.2) is 16.9 Å². The molecule has 1 aromatic carbocycles. The first kappa shape index (κ1) is 13.8. The lowest BCUT2D eigenvalue weighted by molar-refractivity contribution is -0.122. The fraction of sp³-hybridized carbons (Fsp3) is 0.500. The minimum Gasteiger partial charge on any atom is -0.361 e. The van der Waals surface area contributed by atoms with Crippen molar-refractivity contribution >= 4 is 22.5 Å². The van der Waals surface area contributed by atoms with E-state index in [2.05, 4.69) is 10.3 Å². The minimum absolute atomic E-state index is 0.115. The summed E-state index contributed by atoms with van der Waals surface area (Å²) in [5, 5.41) is 4.22. The number of nitrogens with two attached hydrogens (primary N) is 1. The van der Waals surface area contributed by atoms with Crippen LogP contribution in [0.5, 0.6) is 0 Å². The molecule has 2 saturated carbocycles. The second-order valence-electron chi connectivity index (χ2n) is 6.93. The van der Waals surface area contributed by atoms with Crippen LogP contribution in [0, 0.1) is 17.8 Å². The Morgan fingerprint density at radius 3 is 2.73 bits per heavy atom. The van der Waals surface area contributed by atoms with E-state index in [9.17, 15) is 4.79 Å². The maximum Gasteiger partial charge on any atom is 0.227 e. The number of hydrogen-bond donors (Lipinski definition) is 3. The minimum atomic E-state index is 0.115. The lowest BCUT2D eigenvalue weighted by Crippen LogP contribution is -2.48. The van der Waals surface area contributed by atoms with E-state index in [1.807, 2.05) is 30.5 Å². The molecule has 0 aliphatic heterocycles. The molecule has 2 aliphatic rings. The van der Waals surface area contributed by atoms with Crippen LogP contribution in [0.4, 0.5) is 5.69 Å². The van der Waals surface area contributed by atoms with Crippen molar-refractivity contribution in [1.29, 1.82) is 0 Å². The largest absolute Gasteiger partial charge is 0.361 e. The number of aromatic amines is 1. The number of rotatable bonds is 2. The molecule has 4 nitrogen and oxygen atoms in total. The van der Waals surface area contributed by atoms with Crippen molar-refractivity contribution < 1.29 is 4.79 Å². The molecule has 0 radical (unpaired) electrons. The summed E-state index contributed by atoms with van der Waals surface area (Å²) in [5.74, 6) is 1.35. The molecule has 4 heteroatoms. The van der Waals surface area contributed by atoms with Crippen molar-refractivity contribution in [3.8, 4) is 0 Å². The maximum atomic E-state index is 12.7. The van der Waals surface area contributed by atoms with Gasteiger partial charge in [-0.25, -0.2) is 0 Å². The van der Waals surface area contributed by atoms with E-state index in [-0.39, 0.29) is 11.8 Å². The SMILES string of the molecule is NC1C2CCCC1CC(C(=O)Nc1cccc3[nH]ccc13)C2. The predicted molar refractivity (Wildman–Crippen MR) is 88.5 cm³/mol. The number of fused-ring (bicyclic) bond motifs is 3. The highest BCUT2D eigenvalue weighted by Gasteiger charge is 2.40. The predicted octanol–water partition coefficient (Wildman–Crippen LogP) is 3.26. The number of nitrogens with one attached hydrogen (secondary N) is 2. The third kappa shape index (κ3) is 2.31. The summed E-state index contributed by atoms with van der Waals surface area (Å²) in [5.41, 5.74) is 8.29. The standard InChI is InChI=1S/C18H23N3O/c19-17-11-3-1-4-12(17)10-13(9-11)18(22)21-16-6-2-5-15-14(16)7-8-20-15/h2,5-8,11-13,17,20H,1,3-4,9-10,19H2,(H,21,22). The molecule has 1 amide bonds. The van der Waals surface area contributed by atoms with Gasteiger partial charge >= 0.3 is 0 Å². The monoisotopic (exact) mass is 297 g/mol. The summed E-state index contributed by atoms with van der Waals surface area (Å²) in [7, 11) is 0. The molecule has 2 aliphatic carbocycles. The molecule has 1 heterocycles. The Morgan fingerprint density at radius 2 is 1.95 bits per heavy atom. The maximum absolute atomic E-state index is 12.7. The molecule has 2 bridgehead atoms. The fourth-order valence-electron chi connectivity index (χ4n) is 4.43. The van der Waals surface area contributed by atoms with Crippen LogP contribution in [0.1, 0.15) is 32.1 Å². The Kier molecular flexibility index (Phi) is 3.41. The topological polar surface area (TPSA) is 70.9 Å². The molecule has 2 fully saturated rings. The average molecular weight is 297 g/mol. The van der Waals surface area contributed by atoms with Gasteiger partial charge in [0.05, 0.1) is 5.69 Å². The quantitative estimate of drug-likeness (QED) is 0.796. The smallest absolute Gasteiger partial charge is 0.227 e. The first-order valence-electron chi connectivity index (χ1n) is 8.35. The molecule has 4 N–H and O–H groups in total. The summed E-state index contributed by atoms with van der Waals surface area (Å²) in [6.07, 6.45) is 7.47. The van der Waals surface area contributed by atoms with E-state index in [1.54, 1.807) is 0 Å². The van der Waals surface area contributed by atoms with Gasteiger partial charge in [0.1, 0.15) is 0 Å². The van der Waals surface area contributed by atoms with Gasteiger partial charge in [0.25, 0.3) is 0 Å². The number of benzene rings is 1. The third-order valence-corrected chi connectivity index (χ3v) is 5.64. The molecule has 0 saturated heterocycles. The third-order valence-electron chi connectivity index (χ3n) is 5.64. The van der Waals surface area contributed by atoms with Gasteiger partial charge in [-0.05, 0) is 55.7 Å². The Bertz CT molecular complexity index is 678. The number of anilines is 1. The summed E-state index contributed by atoms with van der Waals surface area (Å²) >= 11 is 0. The lowest BCUT2D eigenvalue weighted by Gasteiger charge is -2.43. The van der Waals surface area contributed by atoms with E-state index < -0.39 is 0 Å². The number of aromatic nitrogens is 1. The van der Waals surface area contributed by atoms with E-state index in [1.165, 1.54) is 19.3 Å². The highest BCUT2D eigenvalue weighted by molar-refractivity contribution is 6.02. The molecule has 1 aromatic heterocycles. The van der Waals surface area contributed by atoms with Gasteiger partial charge in [-0.15, -0.1) is 0 Å². The summed E-state index contributed by atoms with van der Waals surface area (Å²) in [6.45, 7) is 0. The highest BCUT2D eigenvalue weighted by Crippen LogP contribution is 2.42. The zero-order chi connectivity index (χ0) is 15.1.